The molecule has 0 bridgehead atoms. The zero-order valence-corrected chi connectivity index (χ0v) is 38.1. The molecular weight excluding hydrogens is 711 g/mol. The maximum Gasteiger partial charge on any atom is 0.245 e. The lowest BCUT2D eigenvalue weighted by molar-refractivity contribution is -0.144. The lowest BCUT2D eigenvalue weighted by atomic mass is 9.84. The van der Waals surface area contributed by atoms with Gasteiger partial charge in [0.25, 0.3) is 0 Å². The third-order valence-corrected chi connectivity index (χ3v) is 12.8. The molecule has 3 unspecified atom stereocenters. The van der Waals surface area contributed by atoms with Crippen molar-refractivity contribution in [2.24, 2.45) is 29.6 Å². The van der Waals surface area contributed by atoms with E-state index in [1.54, 1.807) is 35.9 Å². The van der Waals surface area contributed by atoms with Gasteiger partial charge >= 0.3 is 0 Å². The molecule has 0 aromatic carbocycles. The minimum absolute atomic E-state index is 0.00190. The molecule has 55 heavy (non-hydrogen) atoms. The highest BCUT2D eigenvalue weighted by Gasteiger charge is 2.42. The number of amides is 4. The van der Waals surface area contributed by atoms with Crippen LogP contribution in [0.5, 0.6) is 0 Å². The van der Waals surface area contributed by atoms with Crippen molar-refractivity contribution in [1.82, 2.24) is 25.3 Å². The van der Waals surface area contributed by atoms with E-state index in [0.717, 1.165) is 31.4 Å². The van der Waals surface area contributed by atoms with Crippen LogP contribution in [0.2, 0.25) is 0 Å². The number of nitrogens with one attached hydrogen (secondary N) is 2. The first kappa shape index (κ1) is 50.4. The Bertz CT molecular complexity index is 1300. The standard InChI is InChI=1S/C44H79N5O5S/c1-18-22-34(20-3)26-32(10)45-41(51)33(11)40(54-16)35-23-21-24-49(35)36(50)25-31(9)39(30(8)19-2)48(15)43(53)37(28(4)5)46-42(52)38(29(6)7)47(14)27-44(12,13)55-17/h18,20,22,28-33,35,37-40H,1,3,19,21,23-27H2,2,4-17H3,(H,45,51)(H,46,52)/b34-22+/t30-,31?,32+,33+,35-,37-,38?,39-,40?/m0/s1. The van der Waals surface area contributed by atoms with Crippen LogP contribution in [0.15, 0.2) is 37.0 Å². The van der Waals surface area contributed by atoms with Crippen LogP contribution in [0.4, 0.5) is 0 Å². The summed E-state index contributed by atoms with van der Waals surface area (Å²) in [5, 5.41) is 6.28. The first-order chi connectivity index (χ1) is 25.6. The van der Waals surface area contributed by atoms with Gasteiger partial charge in [0.15, 0.2) is 0 Å². The van der Waals surface area contributed by atoms with Crippen molar-refractivity contribution in [3.8, 4) is 0 Å². The summed E-state index contributed by atoms with van der Waals surface area (Å²) in [6, 6.07) is -1.68. The van der Waals surface area contributed by atoms with Crippen molar-refractivity contribution in [3.63, 3.8) is 0 Å². The Kier molecular flexibility index (Phi) is 21.6. The van der Waals surface area contributed by atoms with E-state index in [1.165, 1.54) is 0 Å². The number of allylic oxidation sites excluding steroid dienone is 3. The van der Waals surface area contributed by atoms with Gasteiger partial charge in [-0.25, -0.2) is 0 Å². The molecule has 2 N–H and O–H groups in total. The molecule has 0 spiro atoms. The second kappa shape index (κ2) is 23.6. The summed E-state index contributed by atoms with van der Waals surface area (Å²) >= 11 is 1.77. The van der Waals surface area contributed by atoms with Crippen LogP contribution >= 0.6 is 11.8 Å². The van der Waals surface area contributed by atoms with Crippen molar-refractivity contribution in [3.05, 3.63) is 37.0 Å². The molecule has 1 aliphatic rings. The number of methoxy groups -OCH3 is 1. The molecule has 1 aliphatic heterocycles. The van der Waals surface area contributed by atoms with Gasteiger partial charge in [-0.05, 0) is 82.6 Å². The molecule has 11 heteroatoms. The van der Waals surface area contributed by atoms with Gasteiger partial charge in [-0.2, -0.15) is 11.8 Å². The lowest BCUT2D eigenvalue weighted by Gasteiger charge is -2.41. The van der Waals surface area contributed by atoms with Crippen molar-refractivity contribution in [2.45, 2.75) is 149 Å². The van der Waals surface area contributed by atoms with Crippen LogP contribution < -0.4 is 10.6 Å². The number of rotatable bonds is 24. The van der Waals surface area contributed by atoms with Gasteiger partial charge in [-0.3, -0.25) is 24.1 Å². The van der Waals surface area contributed by atoms with Gasteiger partial charge in [-0.15, -0.1) is 0 Å². The highest BCUT2D eigenvalue weighted by Crippen LogP contribution is 2.31. The molecule has 4 amide bonds. The molecule has 1 fully saturated rings. The molecule has 1 saturated heterocycles. The van der Waals surface area contributed by atoms with Crippen LogP contribution in [0.3, 0.4) is 0 Å². The topological polar surface area (TPSA) is 111 Å². The average molecular weight is 790 g/mol. The summed E-state index contributed by atoms with van der Waals surface area (Å²) in [6.07, 6.45) is 10.3. The molecule has 10 nitrogen and oxygen atoms in total. The maximum absolute atomic E-state index is 14.4. The molecule has 0 radical (unpaired) electrons. The van der Waals surface area contributed by atoms with Gasteiger partial charge in [0.2, 0.25) is 23.6 Å². The van der Waals surface area contributed by atoms with Gasteiger partial charge in [0, 0.05) is 50.5 Å². The smallest absolute Gasteiger partial charge is 0.245 e. The number of likely N-dealkylation sites (tertiary alicyclic amines) is 1. The number of ether oxygens (including phenoxy) is 1. The normalized spacial score (nSPS) is 19.6. The number of carbonyl (C=O) groups is 4. The fourth-order valence-corrected chi connectivity index (χ4v) is 8.74. The molecule has 1 rings (SSSR count). The molecule has 1 heterocycles. The Labute approximate surface area is 340 Å². The van der Waals surface area contributed by atoms with Crippen LogP contribution in [-0.2, 0) is 23.9 Å². The zero-order valence-electron chi connectivity index (χ0n) is 37.2. The van der Waals surface area contributed by atoms with Crippen molar-refractivity contribution >= 4 is 35.4 Å². The quantitative estimate of drug-likeness (QED) is 0.102. The lowest BCUT2D eigenvalue weighted by Crippen LogP contribution is -2.59. The second-order valence-electron chi connectivity index (χ2n) is 17.4. The van der Waals surface area contributed by atoms with Gasteiger partial charge in [0.1, 0.15) is 6.04 Å². The highest BCUT2D eigenvalue weighted by atomic mass is 32.2. The molecule has 0 saturated carbocycles. The maximum atomic E-state index is 14.4. The number of nitrogens with zero attached hydrogens (tertiary/aromatic N) is 3. The SMILES string of the molecule is C=C/C=C(\C=C)C[C@@H](C)NC(=O)[C@H](C)C(OC)[C@@H]1CCCN1C(=O)CC(C)[C@H]([C@@H](C)CC)N(C)C(=O)[C@@H](NC(=O)C(C(C)C)N(C)CC(C)(C)SC)C(C)C. The zero-order chi connectivity index (χ0) is 42.4. The van der Waals surface area contributed by atoms with E-state index in [2.05, 4.69) is 62.6 Å². The summed E-state index contributed by atoms with van der Waals surface area (Å²) in [5.41, 5.74) is 0.988. The largest absolute Gasteiger partial charge is 0.378 e. The molecule has 316 valence electrons. The molecule has 0 aromatic rings. The minimum atomic E-state index is -0.711. The van der Waals surface area contributed by atoms with E-state index in [9.17, 15) is 19.2 Å². The first-order valence-corrected chi connectivity index (χ1v) is 21.7. The molecule has 9 atom stereocenters. The number of likely N-dealkylation sites (N-methyl/N-ethyl adjacent to an activating group) is 2. The highest BCUT2D eigenvalue weighted by molar-refractivity contribution is 7.99. The van der Waals surface area contributed by atoms with E-state index >= 15 is 0 Å². The van der Waals surface area contributed by atoms with Crippen molar-refractivity contribution in [1.29, 1.82) is 0 Å². The monoisotopic (exact) mass is 790 g/mol. The molecule has 0 aromatic heterocycles. The van der Waals surface area contributed by atoms with Crippen LogP contribution in [0.25, 0.3) is 0 Å². The van der Waals surface area contributed by atoms with E-state index in [0.29, 0.717) is 13.0 Å². The Morgan fingerprint density at radius 2 is 1.56 bits per heavy atom. The van der Waals surface area contributed by atoms with Crippen LogP contribution in [0.1, 0.15) is 108 Å². The Morgan fingerprint density at radius 3 is 2.05 bits per heavy atom. The average Bonchev–Trinajstić information content (AvgIpc) is 3.59. The predicted octanol–water partition coefficient (Wildman–Crippen LogP) is 6.96. The number of hydrogen-bond donors (Lipinski definition) is 2. The van der Waals surface area contributed by atoms with E-state index in [-0.39, 0.29) is 82.6 Å². The molecule has 0 aliphatic carbocycles. The van der Waals surface area contributed by atoms with Crippen molar-refractivity contribution in [2.75, 3.05) is 40.6 Å². The van der Waals surface area contributed by atoms with Crippen LogP contribution in [0, 0.1) is 29.6 Å². The summed E-state index contributed by atoms with van der Waals surface area (Å²) in [4.78, 5) is 61.7. The van der Waals surface area contributed by atoms with Gasteiger partial charge in [-0.1, -0.05) is 93.2 Å². The summed E-state index contributed by atoms with van der Waals surface area (Å²) in [7, 11) is 5.41. The van der Waals surface area contributed by atoms with Gasteiger partial charge in [0.05, 0.1) is 24.1 Å². The second-order valence-corrected chi connectivity index (χ2v) is 18.9. The predicted molar refractivity (Wildman–Crippen MR) is 231 cm³/mol. The van der Waals surface area contributed by atoms with E-state index < -0.39 is 18.1 Å². The van der Waals surface area contributed by atoms with Gasteiger partial charge < -0.3 is 25.2 Å². The number of hydrogen-bond acceptors (Lipinski definition) is 7. The molecular formula is C44H79N5O5S. The summed E-state index contributed by atoms with van der Waals surface area (Å²) in [6.45, 7) is 31.4. The van der Waals surface area contributed by atoms with Crippen LogP contribution in [-0.4, -0.2) is 120 Å². The number of thioether (sulfide) groups is 1. The summed E-state index contributed by atoms with van der Waals surface area (Å²) < 4.78 is 5.94. The van der Waals surface area contributed by atoms with E-state index in [4.69, 9.17) is 4.74 Å². The first-order valence-electron chi connectivity index (χ1n) is 20.5. The Balaban J connectivity index is 3.21. The third-order valence-electron chi connectivity index (χ3n) is 11.6. The Hall–Kier alpha value is -2.63. The fraction of sp³-hybridized carbons (Fsp3) is 0.773. The third kappa shape index (κ3) is 14.7. The fourth-order valence-electron chi connectivity index (χ4n) is 8.41. The minimum Gasteiger partial charge on any atom is -0.378 e. The Morgan fingerprint density at radius 1 is 0.945 bits per heavy atom. The van der Waals surface area contributed by atoms with Crippen molar-refractivity contribution < 1.29 is 23.9 Å². The number of carbonyl (C=O) groups excluding carboxylic acids is 4. The van der Waals surface area contributed by atoms with E-state index in [1.807, 2.05) is 73.5 Å². The summed E-state index contributed by atoms with van der Waals surface area (Å²) in [5.74, 6) is -1.02.